The second kappa shape index (κ2) is 8.16. The van der Waals surface area contributed by atoms with E-state index in [9.17, 15) is 9.59 Å². The molecule has 1 amide bonds. The summed E-state index contributed by atoms with van der Waals surface area (Å²) in [6, 6.07) is 21.2. The molecule has 0 unspecified atom stereocenters. The third kappa shape index (κ3) is 4.28. The lowest BCUT2D eigenvalue weighted by Gasteiger charge is -2.09. The van der Waals surface area contributed by atoms with Gasteiger partial charge in [0.25, 0.3) is 5.56 Å². The lowest BCUT2D eigenvalue weighted by molar-refractivity contribution is -0.115. The predicted molar refractivity (Wildman–Crippen MR) is 113 cm³/mol. The van der Waals surface area contributed by atoms with E-state index in [-0.39, 0.29) is 17.9 Å². The van der Waals surface area contributed by atoms with Crippen LogP contribution in [0.5, 0.6) is 11.5 Å². The molecule has 144 valence electrons. The van der Waals surface area contributed by atoms with Crippen LogP contribution in [-0.2, 0) is 11.2 Å². The van der Waals surface area contributed by atoms with Crippen LogP contribution in [0.3, 0.4) is 0 Å². The van der Waals surface area contributed by atoms with Crippen molar-refractivity contribution in [1.82, 2.24) is 10.2 Å². The van der Waals surface area contributed by atoms with E-state index in [4.69, 9.17) is 16.3 Å². The maximum Gasteiger partial charge on any atom is 0.272 e. The van der Waals surface area contributed by atoms with Crippen LogP contribution < -0.4 is 15.6 Å². The first kappa shape index (κ1) is 18.7. The summed E-state index contributed by atoms with van der Waals surface area (Å²) >= 11 is 6.09. The van der Waals surface area contributed by atoms with E-state index in [1.165, 1.54) is 0 Å². The van der Waals surface area contributed by atoms with E-state index in [0.717, 1.165) is 0 Å². The van der Waals surface area contributed by atoms with Crippen molar-refractivity contribution in [3.05, 3.63) is 93.9 Å². The molecule has 3 aromatic carbocycles. The summed E-state index contributed by atoms with van der Waals surface area (Å²) in [6.07, 6.45) is 0.0369. The Kier molecular flexibility index (Phi) is 5.27. The number of benzene rings is 3. The number of ether oxygens (including phenoxy) is 1. The van der Waals surface area contributed by atoms with Gasteiger partial charge in [0.05, 0.1) is 22.5 Å². The Morgan fingerprint density at radius 2 is 1.66 bits per heavy atom. The molecule has 0 fully saturated rings. The van der Waals surface area contributed by atoms with E-state index in [2.05, 4.69) is 15.5 Å². The van der Waals surface area contributed by atoms with Gasteiger partial charge in [0, 0.05) is 11.1 Å². The number of H-pyrrole nitrogens is 1. The molecular weight excluding hydrogens is 390 g/mol. The van der Waals surface area contributed by atoms with E-state index >= 15 is 0 Å². The largest absolute Gasteiger partial charge is 0.456 e. The zero-order valence-corrected chi connectivity index (χ0v) is 15.9. The molecule has 0 spiro atoms. The van der Waals surface area contributed by atoms with Crippen molar-refractivity contribution in [1.29, 1.82) is 0 Å². The first-order chi connectivity index (χ1) is 14.1. The van der Waals surface area contributed by atoms with E-state index in [1.807, 2.05) is 18.2 Å². The molecule has 0 aliphatic carbocycles. The highest BCUT2D eigenvalue weighted by molar-refractivity contribution is 6.32. The van der Waals surface area contributed by atoms with Crippen molar-refractivity contribution < 1.29 is 9.53 Å². The first-order valence-corrected chi connectivity index (χ1v) is 9.26. The fourth-order valence-corrected chi connectivity index (χ4v) is 3.10. The Morgan fingerprint density at radius 1 is 0.966 bits per heavy atom. The quantitative estimate of drug-likeness (QED) is 0.510. The average Bonchev–Trinajstić information content (AvgIpc) is 2.73. The third-order valence-corrected chi connectivity index (χ3v) is 4.62. The number of aromatic amines is 1. The average molecular weight is 406 g/mol. The van der Waals surface area contributed by atoms with Crippen molar-refractivity contribution in [2.24, 2.45) is 0 Å². The summed E-state index contributed by atoms with van der Waals surface area (Å²) in [6.45, 7) is 0. The molecular formula is C22H16ClN3O3. The Balaban J connectivity index is 1.45. The molecule has 0 saturated heterocycles. The van der Waals surface area contributed by atoms with E-state index in [1.54, 1.807) is 54.6 Å². The van der Waals surface area contributed by atoms with Gasteiger partial charge in [-0.05, 0) is 42.5 Å². The maximum absolute atomic E-state index is 12.4. The number of amides is 1. The number of carbonyl (C=O) groups excluding carboxylic acids is 1. The topological polar surface area (TPSA) is 84.1 Å². The van der Waals surface area contributed by atoms with Gasteiger partial charge < -0.3 is 10.1 Å². The molecule has 1 aromatic heterocycles. The van der Waals surface area contributed by atoms with Crippen LogP contribution in [-0.4, -0.2) is 16.1 Å². The summed E-state index contributed by atoms with van der Waals surface area (Å²) in [4.78, 5) is 24.3. The number of hydrogen-bond donors (Lipinski definition) is 2. The summed E-state index contributed by atoms with van der Waals surface area (Å²) < 4.78 is 5.74. The molecule has 0 bridgehead atoms. The highest BCUT2D eigenvalue weighted by Crippen LogP contribution is 2.29. The van der Waals surface area contributed by atoms with Crippen molar-refractivity contribution in [2.75, 3.05) is 5.32 Å². The van der Waals surface area contributed by atoms with Gasteiger partial charge in [-0.25, -0.2) is 5.10 Å². The highest BCUT2D eigenvalue weighted by Gasteiger charge is 2.11. The Labute approximate surface area is 171 Å². The number of nitrogens with zero attached hydrogens (tertiary/aromatic N) is 1. The second-order valence-electron chi connectivity index (χ2n) is 6.33. The summed E-state index contributed by atoms with van der Waals surface area (Å²) in [5.74, 6) is 0.917. The van der Waals surface area contributed by atoms with Gasteiger partial charge >= 0.3 is 0 Å². The summed E-state index contributed by atoms with van der Waals surface area (Å²) in [5, 5.41) is 11.0. The smallest absolute Gasteiger partial charge is 0.272 e. The minimum Gasteiger partial charge on any atom is -0.456 e. The normalized spacial score (nSPS) is 10.7. The van der Waals surface area contributed by atoms with Crippen molar-refractivity contribution in [2.45, 2.75) is 6.42 Å². The van der Waals surface area contributed by atoms with Gasteiger partial charge in [0.2, 0.25) is 5.91 Å². The molecule has 0 aliphatic heterocycles. The number of aromatic nitrogens is 2. The number of rotatable bonds is 5. The SMILES string of the molecule is O=C(Cc1n[nH]c(=O)c2ccccc12)Nc1ccc(Oc2ccccc2Cl)cc1. The Morgan fingerprint density at radius 3 is 2.41 bits per heavy atom. The van der Waals surface area contributed by atoms with Crippen molar-refractivity contribution in [3.8, 4) is 11.5 Å². The van der Waals surface area contributed by atoms with Crippen LogP contribution >= 0.6 is 11.6 Å². The Bertz CT molecular complexity index is 1240. The lowest BCUT2D eigenvalue weighted by Crippen LogP contribution is -2.18. The number of fused-ring (bicyclic) bond motifs is 1. The standard InChI is InChI=1S/C22H16ClN3O3/c23-18-7-3-4-8-20(18)29-15-11-9-14(10-12-15)24-21(27)13-19-16-5-1-2-6-17(16)22(28)26-25-19/h1-12H,13H2,(H,24,27)(H,26,28). The number of nitrogens with one attached hydrogen (secondary N) is 2. The lowest BCUT2D eigenvalue weighted by atomic mass is 10.1. The van der Waals surface area contributed by atoms with Crippen molar-refractivity contribution >= 4 is 34.0 Å². The van der Waals surface area contributed by atoms with Gasteiger partial charge in [-0.2, -0.15) is 5.10 Å². The Hall–Kier alpha value is -3.64. The third-order valence-electron chi connectivity index (χ3n) is 4.31. The number of hydrogen-bond acceptors (Lipinski definition) is 4. The van der Waals surface area contributed by atoms with Gasteiger partial charge in [-0.3, -0.25) is 9.59 Å². The van der Waals surface area contributed by atoms with Crippen molar-refractivity contribution in [3.63, 3.8) is 0 Å². The van der Waals surface area contributed by atoms with Crippen LogP contribution in [0.4, 0.5) is 5.69 Å². The van der Waals surface area contributed by atoms with Crippen LogP contribution in [0.1, 0.15) is 5.69 Å². The fraction of sp³-hybridized carbons (Fsp3) is 0.0455. The zero-order chi connectivity index (χ0) is 20.2. The molecule has 4 aromatic rings. The molecule has 0 atom stereocenters. The predicted octanol–water partition coefficient (Wildman–Crippen LogP) is 4.55. The fourth-order valence-electron chi connectivity index (χ4n) is 2.92. The van der Waals surface area contributed by atoms with Crippen LogP contribution in [0.15, 0.2) is 77.6 Å². The number of carbonyl (C=O) groups is 1. The number of halogens is 1. The number of para-hydroxylation sites is 1. The molecule has 4 rings (SSSR count). The van der Waals surface area contributed by atoms with Gasteiger partial charge in [0.15, 0.2) is 0 Å². The van der Waals surface area contributed by atoms with Crippen LogP contribution in [0.25, 0.3) is 10.8 Å². The first-order valence-electron chi connectivity index (χ1n) is 8.89. The van der Waals surface area contributed by atoms with Gasteiger partial charge in [-0.15, -0.1) is 0 Å². The summed E-state index contributed by atoms with van der Waals surface area (Å²) in [7, 11) is 0. The van der Waals surface area contributed by atoms with Gasteiger partial charge in [0.1, 0.15) is 11.5 Å². The molecule has 0 radical (unpaired) electrons. The minimum absolute atomic E-state index is 0.0369. The van der Waals surface area contributed by atoms with Crippen LogP contribution in [0, 0.1) is 0 Å². The number of anilines is 1. The van der Waals surface area contributed by atoms with Crippen LogP contribution in [0.2, 0.25) is 5.02 Å². The van der Waals surface area contributed by atoms with E-state index < -0.39 is 0 Å². The minimum atomic E-state index is -0.279. The molecule has 2 N–H and O–H groups in total. The molecule has 6 nitrogen and oxygen atoms in total. The molecule has 0 saturated carbocycles. The van der Waals surface area contributed by atoms with E-state index in [0.29, 0.717) is 38.7 Å². The summed E-state index contributed by atoms with van der Waals surface area (Å²) in [5.41, 5.74) is 0.852. The molecule has 7 heteroatoms. The second-order valence-corrected chi connectivity index (χ2v) is 6.73. The van der Waals surface area contributed by atoms with Gasteiger partial charge in [-0.1, -0.05) is 41.9 Å². The maximum atomic E-state index is 12.4. The highest BCUT2D eigenvalue weighted by atomic mass is 35.5. The molecule has 0 aliphatic rings. The molecule has 1 heterocycles. The zero-order valence-electron chi connectivity index (χ0n) is 15.2. The molecule has 29 heavy (non-hydrogen) atoms. The monoisotopic (exact) mass is 405 g/mol.